The maximum Gasteiger partial charge on any atom is 0.410 e. The Morgan fingerprint density at radius 3 is 2.70 bits per heavy atom. The number of hydrogen-bond acceptors (Lipinski definition) is 5. The molecule has 0 radical (unpaired) electrons. The Kier molecular flexibility index (Phi) is 4.13. The molecule has 0 aliphatic carbocycles. The Hall–Kier alpha value is -1.43. The normalized spacial score (nSPS) is 19.2. The zero-order valence-corrected chi connectivity index (χ0v) is 13.1. The summed E-state index contributed by atoms with van der Waals surface area (Å²) in [6.07, 6.45) is 0.591. The van der Waals surface area contributed by atoms with Gasteiger partial charge in [0.15, 0.2) is 5.78 Å². The predicted octanol–water partition coefficient (Wildman–Crippen LogP) is 3.07. The molecule has 20 heavy (non-hydrogen) atoms. The smallest absolute Gasteiger partial charge is 0.410 e. The van der Waals surface area contributed by atoms with Crippen molar-refractivity contribution < 1.29 is 14.3 Å². The minimum Gasteiger partial charge on any atom is -0.444 e. The highest BCUT2D eigenvalue weighted by Crippen LogP contribution is 2.30. The number of ether oxygens (including phenoxy) is 1. The van der Waals surface area contributed by atoms with Crippen LogP contribution in [0.3, 0.4) is 0 Å². The van der Waals surface area contributed by atoms with Gasteiger partial charge in [-0.1, -0.05) is 0 Å². The van der Waals surface area contributed by atoms with Gasteiger partial charge in [0.05, 0.1) is 5.01 Å². The van der Waals surface area contributed by atoms with Gasteiger partial charge in [-0.15, -0.1) is 11.3 Å². The number of ketones is 1. The fraction of sp³-hybridized carbons (Fsp3) is 0.643. The van der Waals surface area contributed by atoms with E-state index in [-0.39, 0.29) is 17.8 Å². The molecule has 2 heterocycles. The summed E-state index contributed by atoms with van der Waals surface area (Å²) in [6.45, 7) is 8.38. The Labute approximate surface area is 122 Å². The Balaban J connectivity index is 1.98. The second kappa shape index (κ2) is 5.52. The van der Waals surface area contributed by atoms with Crippen LogP contribution in [0.1, 0.15) is 55.5 Å². The maximum atomic E-state index is 12.0. The molecule has 6 heteroatoms. The monoisotopic (exact) mass is 296 g/mol. The van der Waals surface area contributed by atoms with Crippen LogP contribution in [0.4, 0.5) is 4.79 Å². The van der Waals surface area contributed by atoms with Crippen LogP contribution in [0.15, 0.2) is 5.38 Å². The highest BCUT2D eigenvalue weighted by Gasteiger charge is 2.32. The number of carbonyl (C=O) groups excluding carboxylic acids is 2. The number of Topliss-reactive ketones (excluding diaryl/α,β-unsaturated/α-hetero) is 1. The molecule has 1 atom stereocenters. The lowest BCUT2D eigenvalue weighted by Crippen LogP contribution is -2.35. The quantitative estimate of drug-likeness (QED) is 0.787. The average Bonchev–Trinajstić information content (AvgIpc) is 2.95. The molecule has 1 aromatic rings. The van der Waals surface area contributed by atoms with Crippen molar-refractivity contribution in [2.45, 2.75) is 45.6 Å². The summed E-state index contributed by atoms with van der Waals surface area (Å²) >= 11 is 1.49. The van der Waals surface area contributed by atoms with E-state index in [1.165, 1.54) is 18.3 Å². The molecule has 1 aliphatic heterocycles. The van der Waals surface area contributed by atoms with Crippen LogP contribution in [0, 0.1) is 0 Å². The second-order valence-corrected chi connectivity index (χ2v) is 6.93. The van der Waals surface area contributed by atoms with E-state index >= 15 is 0 Å². The summed E-state index contributed by atoms with van der Waals surface area (Å²) in [6, 6.07) is 0. The fourth-order valence-electron chi connectivity index (χ4n) is 2.09. The number of aromatic nitrogens is 1. The van der Waals surface area contributed by atoms with E-state index in [2.05, 4.69) is 4.98 Å². The van der Waals surface area contributed by atoms with Gasteiger partial charge in [-0.2, -0.15) is 0 Å². The van der Waals surface area contributed by atoms with Crippen molar-refractivity contribution in [1.82, 2.24) is 9.88 Å². The van der Waals surface area contributed by atoms with Gasteiger partial charge in [0.2, 0.25) is 0 Å². The minimum atomic E-state index is -0.474. The van der Waals surface area contributed by atoms with Gasteiger partial charge >= 0.3 is 6.09 Å². The molecule has 0 saturated carbocycles. The first-order chi connectivity index (χ1) is 9.26. The number of hydrogen-bond donors (Lipinski definition) is 0. The molecule has 0 bridgehead atoms. The van der Waals surface area contributed by atoms with Gasteiger partial charge in [-0.3, -0.25) is 4.79 Å². The van der Waals surface area contributed by atoms with E-state index in [1.807, 2.05) is 20.8 Å². The van der Waals surface area contributed by atoms with Crippen molar-refractivity contribution in [3.05, 3.63) is 16.1 Å². The number of thiazole rings is 1. The Morgan fingerprint density at radius 1 is 1.45 bits per heavy atom. The first-order valence-electron chi connectivity index (χ1n) is 6.70. The van der Waals surface area contributed by atoms with Gasteiger partial charge in [-0.25, -0.2) is 9.78 Å². The summed E-state index contributed by atoms with van der Waals surface area (Å²) in [7, 11) is 0. The third-order valence-electron chi connectivity index (χ3n) is 3.07. The van der Waals surface area contributed by atoms with Gasteiger partial charge in [0, 0.05) is 31.3 Å². The van der Waals surface area contributed by atoms with Crippen LogP contribution >= 0.6 is 11.3 Å². The molecule has 1 unspecified atom stereocenters. The molecule has 1 aromatic heterocycles. The van der Waals surface area contributed by atoms with Crippen LogP contribution in [0.5, 0.6) is 0 Å². The van der Waals surface area contributed by atoms with Crippen LogP contribution in [0.25, 0.3) is 0 Å². The van der Waals surface area contributed by atoms with Gasteiger partial charge in [0.1, 0.15) is 11.3 Å². The van der Waals surface area contributed by atoms with Crippen LogP contribution in [-0.2, 0) is 4.74 Å². The SMILES string of the molecule is CC(=O)c1csc(C2CCN(C(=O)OC(C)(C)C)C2)n1. The molecule has 1 saturated heterocycles. The van der Waals surface area contributed by atoms with Crippen molar-refractivity contribution >= 4 is 23.2 Å². The number of rotatable bonds is 2. The summed E-state index contributed by atoms with van der Waals surface area (Å²) in [5.41, 5.74) is 0.0405. The fourth-order valence-corrected chi connectivity index (χ4v) is 3.08. The standard InChI is InChI=1S/C14H20N2O3S/c1-9(17)11-8-20-12(15-11)10-5-6-16(7-10)13(18)19-14(2,3)4/h8,10H,5-7H2,1-4H3. The number of nitrogens with zero attached hydrogens (tertiary/aromatic N) is 2. The maximum absolute atomic E-state index is 12.0. The van der Waals surface area contributed by atoms with Crippen molar-refractivity contribution in [3.8, 4) is 0 Å². The van der Waals surface area contributed by atoms with Crippen LogP contribution < -0.4 is 0 Å². The van der Waals surface area contributed by atoms with Crippen molar-refractivity contribution in [2.24, 2.45) is 0 Å². The Bertz CT molecular complexity index is 519. The predicted molar refractivity (Wildman–Crippen MR) is 77.3 cm³/mol. The van der Waals surface area contributed by atoms with Gasteiger partial charge < -0.3 is 9.64 Å². The van der Waals surface area contributed by atoms with E-state index in [1.54, 1.807) is 10.3 Å². The summed E-state index contributed by atoms with van der Waals surface area (Å²) in [5, 5.41) is 2.72. The summed E-state index contributed by atoms with van der Waals surface area (Å²) < 4.78 is 5.37. The molecule has 1 amide bonds. The van der Waals surface area contributed by atoms with E-state index < -0.39 is 5.60 Å². The van der Waals surface area contributed by atoms with E-state index in [0.717, 1.165) is 11.4 Å². The van der Waals surface area contributed by atoms with E-state index in [0.29, 0.717) is 18.8 Å². The third kappa shape index (κ3) is 3.56. The molecule has 1 fully saturated rings. The summed E-state index contributed by atoms with van der Waals surface area (Å²) in [4.78, 5) is 29.3. The lowest BCUT2D eigenvalue weighted by Gasteiger charge is -2.24. The number of likely N-dealkylation sites (tertiary alicyclic amines) is 1. The summed E-state index contributed by atoms with van der Waals surface area (Å²) in [5.74, 6) is 0.190. The average molecular weight is 296 g/mol. The minimum absolute atomic E-state index is 0.0190. The number of carbonyl (C=O) groups is 2. The van der Waals surface area contributed by atoms with E-state index in [9.17, 15) is 9.59 Å². The molecule has 0 N–H and O–H groups in total. The molecule has 5 nitrogen and oxygen atoms in total. The first kappa shape index (κ1) is 15.0. The molecule has 110 valence electrons. The van der Waals surface area contributed by atoms with Crippen molar-refractivity contribution in [2.75, 3.05) is 13.1 Å². The molecule has 0 aromatic carbocycles. The molecular formula is C14H20N2O3S. The highest BCUT2D eigenvalue weighted by atomic mass is 32.1. The second-order valence-electron chi connectivity index (χ2n) is 6.04. The Morgan fingerprint density at radius 2 is 2.15 bits per heavy atom. The first-order valence-corrected chi connectivity index (χ1v) is 7.58. The number of amides is 1. The van der Waals surface area contributed by atoms with E-state index in [4.69, 9.17) is 4.74 Å². The zero-order valence-electron chi connectivity index (χ0n) is 12.3. The van der Waals surface area contributed by atoms with Crippen molar-refractivity contribution in [3.63, 3.8) is 0 Å². The molecule has 1 aliphatic rings. The largest absolute Gasteiger partial charge is 0.444 e. The molecular weight excluding hydrogens is 276 g/mol. The van der Waals surface area contributed by atoms with Gasteiger partial charge in [-0.05, 0) is 27.2 Å². The zero-order chi connectivity index (χ0) is 14.9. The third-order valence-corrected chi connectivity index (χ3v) is 4.08. The van der Waals surface area contributed by atoms with Gasteiger partial charge in [0.25, 0.3) is 0 Å². The lowest BCUT2D eigenvalue weighted by molar-refractivity contribution is 0.0292. The van der Waals surface area contributed by atoms with Crippen LogP contribution in [-0.4, -0.2) is 40.5 Å². The topological polar surface area (TPSA) is 59.5 Å². The van der Waals surface area contributed by atoms with Crippen LogP contribution in [0.2, 0.25) is 0 Å². The molecule has 0 spiro atoms. The molecule has 2 rings (SSSR count). The lowest BCUT2D eigenvalue weighted by atomic mass is 10.1. The van der Waals surface area contributed by atoms with Crippen molar-refractivity contribution in [1.29, 1.82) is 0 Å². The highest BCUT2D eigenvalue weighted by molar-refractivity contribution is 7.09.